The Labute approximate surface area is 124 Å². The molecule has 1 aromatic rings. The van der Waals surface area contributed by atoms with Crippen LogP contribution < -0.4 is 4.72 Å². The number of aliphatic carboxylic acids is 1. The van der Waals surface area contributed by atoms with E-state index in [0.29, 0.717) is 5.02 Å². The molecule has 0 heterocycles. The second-order valence-electron chi connectivity index (χ2n) is 5.05. The molecule has 0 saturated heterocycles. The molecule has 0 amide bonds. The molecular weight excluding hydrogens is 302 g/mol. The zero-order valence-corrected chi connectivity index (χ0v) is 13.1. The van der Waals surface area contributed by atoms with E-state index in [-0.39, 0.29) is 17.2 Å². The molecule has 20 heavy (non-hydrogen) atoms. The van der Waals surface area contributed by atoms with Crippen molar-refractivity contribution in [3.05, 3.63) is 28.8 Å². The molecule has 1 aromatic carbocycles. The fourth-order valence-electron chi connectivity index (χ4n) is 1.67. The fraction of sp³-hybridized carbons (Fsp3) is 0.462. The number of halogens is 1. The Hall–Kier alpha value is -1.11. The third kappa shape index (κ3) is 4.47. The van der Waals surface area contributed by atoms with Crippen molar-refractivity contribution in [1.29, 1.82) is 0 Å². The van der Waals surface area contributed by atoms with Crippen LogP contribution in [0.15, 0.2) is 23.1 Å². The summed E-state index contributed by atoms with van der Waals surface area (Å²) in [6.45, 7) is 5.41. The number of hydrogen-bond donors (Lipinski definition) is 2. The highest BCUT2D eigenvalue weighted by molar-refractivity contribution is 7.89. The summed E-state index contributed by atoms with van der Waals surface area (Å²) < 4.78 is 26.5. The van der Waals surface area contributed by atoms with Gasteiger partial charge in [-0.1, -0.05) is 31.5 Å². The molecule has 0 saturated carbocycles. The van der Waals surface area contributed by atoms with E-state index in [0.717, 1.165) is 5.56 Å². The topological polar surface area (TPSA) is 83.5 Å². The maximum absolute atomic E-state index is 12.2. The van der Waals surface area contributed by atoms with Crippen LogP contribution in [0.2, 0.25) is 5.02 Å². The molecule has 7 heteroatoms. The highest BCUT2D eigenvalue weighted by Gasteiger charge is 2.26. The average molecular weight is 320 g/mol. The smallest absolute Gasteiger partial charge is 0.321 e. The van der Waals surface area contributed by atoms with E-state index < -0.39 is 22.0 Å². The molecule has 0 aliphatic carbocycles. The number of carboxylic acid groups (broad SMARTS) is 1. The lowest BCUT2D eigenvalue weighted by Crippen LogP contribution is -2.41. The van der Waals surface area contributed by atoms with E-state index in [1.54, 1.807) is 13.0 Å². The Bertz CT molecular complexity index is 598. The maximum Gasteiger partial charge on any atom is 0.321 e. The molecule has 1 unspecified atom stereocenters. The minimum absolute atomic E-state index is 0.0388. The number of aryl methyl sites for hydroxylation is 1. The van der Waals surface area contributed by atoms with Gasteiger partial charge in [-0.25, -0.2) is 8.42 Å². The normalized spacial score (nSPS) is 13.4. The zero-order valence-electron chi connectivity index (χ0n) is 11.6. The van der Waals surface area contributed by atoms with Crippen LogP contribution in [0.5, 0.6) is 0 Å². The van der Waals surface area contributed by atoms with E-state index in [2.05, 4.69) is 4.72 Å². The van der Waals surface area contributed by atoms with Gasteiger partial charge < -0.3 is 5.11 Å². The fourth-order valence-corrected chi connectivity index (χ4v) is 3.14. The molecule has 0 aliphatic heterocycles. The standard InChI is InChI=1S/C13H18ClNO4S/c1-8(2)6-12(13(16)17)15-20(18,19)10-5-4-9(3)11(14)7-10/h4-5,7-8,12,15H,6H2,1-3H3,(H,16,17). The number of nitrogens with one attached hydrogen (secondary N) is 1. The van der Waals surface area contributed by atoms with Crippen LogP contribution in [0, 0.1) is 12.8 Å². The molecule has 0 fully saturated rings. The van der Waals surface area contributed by atoms with Gasteiger partial charge in [-0.3, -0.25) is 4.79 Å². The first-order valence-corrected chi connectivity index (χ1v) is 8.01. The van der Waals surface area contributed by atoms with Gasteiger partial charge in [-0.2, -0.15) is 4.72 Å². The van der Waals surface area contributed by atoms with E-state index in [4.69, 9.17) is 16.7 Å². The third-order valence-electron chi connectivity index (χ3n) is 2.76. The first-order valence-electron chi connectivity index (χ1n) is 6.14. The number of carboxylic acids is 1. The van der Waals surface area contributed by atoms with Gasteiger partial charge >= 0.3 is 5.97 Å². The summed E-state index contributed by atoms with van der Waals surface area (Å²) in [6.07, 6.45) is 0.216. The number of benzene rings is 1. The average Bonchev–Trinajstić information content (AvgIpc) is 2.30. The molecule has 2 N–H and O–H groups in total. The summed E-state index contributed by atoms with van der Waals surface area (Å²) in [5.74, 6) is -1.14. The van der Waals surface area contributed by atoms with Gasteiger partial charge in [0.1, 0.15) is 6.04 Å². The molecule has 5 nitrogen and oxygen atoms in total. The summed E-state index contributed by atoms with van der Waals surface area (Å²) in [5, 5.41) is 9.40. The van der Waals surface area contributed by atoms with Gasteiger partial charge in [0, 0.05) is 5.02 Å². The minimum atomic E-state index is -3.90. The summed E-state index contributed by atoms with van der Waals surface area (Å²) in [6, 6.07) is 3.14. The van der Waals surface area contributed by atoms with Crippen molar-refractivity contribution < 1.29 is 18.3 Å². The Balaban J connectivity index is 3.03. The molecule has 112 valence electrons. The molecule has 1 rings (SSSR count). The monoisotopic (exact) mass is 319 g/mol. The maximum atomic E-state index is 12.2. The predicted octanol–water partition coefficient (Wildman–Crippen LogP) is 2.43. The highest BCUT2D eigenvalue weighted by Crippen LogP contribution is 2.20. The lowest BCUT2D eigenvalue weighted by atomic mass is 10.1. The lowest BCUT2D eigenvalue weighted by Gasteiger charge is -2.16. The van der Waals surface area contributed by atoms with Crippen molar-refractivity contribution in [2.45, 2.75) is 38.1 Å². The molecule has 0 bridgehead atoms. The van der Waals surface area contributed by atoms with Crippen molar-refractivity contribution in [2.24, 2.45) is 5.92 Å². The Kier molecular flexibility index (Phi) is 5.56. The van der Waals surface area contributed by atoms with Gasteiger partial charge in [-0.15, -0.1) is 0 Å². The molecule has 1 atom stereocenters. The van der Waals surface area contributed by atoms with Crippen LogP contribution in [-0.2, 0) is 14.8 Å². The van der Waals surface area contributed by atoms with Crippen LogP contribution in [-0.4, -0.2) is 25.5 Å². The van der Waals surface area contributed by atoms with Crippen LogP contribution in [0.25, 0.3) is 0 Å². The lowest BCUT2D eigenvalue weighted by molar-refractivity contribution is -0.139. The van der Waals surface area contributed by atoms with Crippen LogP contribution in [0.1, 0.15) is 25.8 Å². The number of rotatable bonds is 6. The summed E-state index contributed by atoms with van der Waals surface area (Å²) in [7, 11) is -3.90. The molecular formula is C13H18ClNO4S. The Morgan fingerprint density at radius 1 is 1.40 bits per heavy atom. The van der Waals surface area contributed by atoms with Crippen molar-refractivity contribution in [2.75, 3.05) is 0 Å². The largest absolute Gasteiger partial charge is 0.480 e. The SMILES string of the molecule is Cc1ccc(S(=O)(=O)NC(CC(C)C)C(=O)O)cc1Cl. The van der Waals surface area contributed by atoms with Crippen molar-refractivity contribution >= 4 is 27.6 Å². The summed E-state index contributed by atoms with van der Waals surface area (Å²) in [5.41, 5.74) is 0.752. The van der Waals surface area contributed by atoms with E-state index in [1.807, 2.05) is 13.8 Å². The molecule has 0 aliphatic rings. The van der Waals surface area contributed by atoms with Crippen molar-refractivity contribution in [3.8, 4) is 0 Å². The quantitative estimate of drug-likeness (QED) is 0.843. The van der Waals surface area contributed by atoms with Crippen molar-refractivity contribution in [1.82, 2.24) is 4.72 Å². The predicted molar refractivity (Wildman–Crippen MR) is 77.4 cm³/mol. The first-order chi connectivity index (χ1) is 9.13. The van der Waals surface area contributed by atoms with Crippen LogP contribution in [0.4, 0.5) is 0 Å². The van der Waals surface area contributed by atoms with Gasteiger partial charge in [0.05, 0.1) is 4.90 Å². The number of carbonyl (C=O) groups is 1. The molecule has 0 aromatic heterocycles. The van der Waals surface area contributed by atoms with Gasteiger partial charge in [0.15, 0.2) is 0 Å². The van der Waals surface area contributed by atoms with E-state index in [9.17, 15) is 13.2 Å². The second-order valence-corrected chi connectivity index (χ2v) is 7.17. The van der Waals surface area contributed by atoms with Crippen LogP contribution >= 0.6 is 11.6 Å². The molecule has 0 spiro atoms. The second kappa shape index (κ2) is 6.56. The summed E-state index contributed by atoms with van der Waals surface area (Å²) >= 11 is 5.89. The highest BCUT2D eigenvalue weighted by atomic mass is 35.5. The van der Waals surface area contributed by atoms with Gasteiger partial charge in [0.2, 0.25) is 10.0 Å². The van der Waals surface area contributed by atoms with Crippen molar-refractivity contribution in [3.63, 3.8) is 0 Å². The first kappa shape index (κ1) is 16.9. The van der Waals surface area contributed by atoms with E-state index >= 15 is 0 Å². The Morgan fingerprint density at radius 3 is 2.45 bits per heavy atom. The minimum Gasteiger partial charge on any atom is -0.480 e. The van der Waals surface area contributed by atoms with Crippen LogP contribution in [0.3, 0.4) is 0 Å². The Morgan fingerprint density at radius 2 is 2.00 bits per heavy atom. The zero-order chi connectivity index (χ0) is 15.5. The van der Waals surface area contributed by atoms with E-state index in [1.165, 1.54) is 12.1 Å². The van der Waals surface area contributed by atoms with Gasteiger partial charge in [0.25, 0.3) is 0 Å². The summed E-state index contributed by atoms with van der Waals surface area (Å²) in [4.78, 5) is 11.1. The molecule has 0 radical (unpaired) electrons. The third-order valence-corrected chi connectivity index (χ3v) is 4.63. The van der Waals surface area contributed by atoms with Gasteiger partial charge in [-0.05, 0) is 37.0 Å². The number of hydrogen-bond acceptors (Lipinski definition) is 3. The number of sulfonamides is 1.